The molecule has 0 aliphatic heterocycles. The Kier molecular flexibility index (Phi) is 4.01. The van der Waals surface area contributed by atoms with E-state index >= 15 is 0 Å². The summed E-state index contributed by atoms with van der Waals surface area (Å²) in [7, 11) is 1.98. The molecule has 0 radical (unpaired) electrons. The molecule has 0 bridgehead atoms. The van der Waals surface area contributed by atoms with Crippen LogP contribution in [-0.2, 0) is 13.5 Å². The molecule has 106 valence electrons. The quantitative estimate of drug-likeness (QED) is 0.770. The van der Waals surface area contributed by atoms with E-state index in [1.54, 1.807) is 0 Å². The van der Waals surface area contributed by atoms with Crippen LogP contribution in [0.2, 0.25) is 0 Å². The van der Waals surface area contributed by atoms with Crippen molar-refractivity contribution >= 4 is 5.69 Å². The number of rotatable bonds is 5. The minimum absolute atomic E-state index is 0.907. The molecule has 0 fully saturated rings. The van der Waals surface area contributed by atoms with Gasteiger partial charge in [0.15, 0.2) is 0 Å². The van der Waals surface area contributed by atoms with Gasteiger partial charge >= 0.3 is 0 Å². The van der Waals surface area contributed by atoms with Crippen molar-refractivity contribution in [2.45, 2.75) is 6.42 Å². The molecule has 3 nitrogen and oxygen atoms in total. The Labute approximate surface area is 125 Å². The fourth-order valence-corrected chi connectivity index (χ4v) is 2.39. The molecule has 0 amide bonds. The summed E-state index contributed by atoms with van der Waals surface area (Å²) in [6, 6.07) is 21.1. The van der Waals surface area contributed by atoms with Crippen LogP contribution in [0.25, 0.3) is 11.1 Å². The first-order valence-electron chi connectivity index (χ1n) is 7.19. The van der Waals surface area contributed by atoms with Gasteiger partial charge in [-0.25, -0.2) is 0 Å². The van der Waals surface area contributed by atoms with Crippen molar-refractivity contribution in [2.75, 3.05) is 11.9 Å². The van der Waals surface area contributed by atoms with Gasteiger partial charge in [-0.3, -0.25) is 4.68 Å². The molecule has 2 aromatic carbocycles. The molecule has 1 aromatic heterocycles. The minimum atomic E-state index is 0.907. The van der Waals surface area contributed by atoms with Gasteiger partial charge in [-0.15, -0.1) is 0 Å². The van der Waals surface area contributed by atoms with Crippen LogP contribution in [0.15, 0.2) is 66.9 Å². The average molecular weight is 277 g/mol. The van der Waals surface area contributed by atoms with Gasteiger partial charge < -0.3 is 5.32 Å². The van der Waals surface area contributed by atoms with E-state index in [1.165, 1.54) is 16.8 Å². The van der Waals surface area contributed by atoms with E-state index in [-0.39, 0.29) is 0 Å². The smallest absolute Gasteiger partial charge is 0.0492 e. The predicted octanol–water partition coefficient (Wildman–Crippen LogP) is 3.74. The number of aromatic nitrogens is 2. The van der Waals surface area contributed by atoms with E-state index in [1.807, 2.05) is 24.0 Å². The van der Waals surface area contributed by atoms with Gasteiger partial charge in [-0.05, 0) is 29.3 Å². The summed E-state index contributed by atoms with van der Waals surface area (Å²) < 4.78 is 1.92. The number of aryl methyl sites for hydroxylation is 1. The average Bonchev–Trinajstić information content (AvgIpc) is 2.94. The molecule has 0 aliphatic rings. The summed E-state index contributed by atoms with van der Waals surface area (Å²) in [5.74, 6) is 0. The molecule has 21 heavy (non-hydrogen) atoms. The lowest BCUT2D eigenvalue weighted by Crippen LogP contribution is -2.08. The Morgan fingerprint density at radius 3 is 2.29 bits per heavy atom. The van der Waals surface area contributed by atoms with Gasteiger partial charge in [0, 0.05) is 37.6 Å². The van der Waals surface area contributed by atoms with Gasteiger partial charge in [0.1, 0.15) is 0 Å². The second kappa shape index (κ2) is 6.27. The zero-order chi connectivity index (χ0) is 14.5. The van der Waals surface area contributed by atoms with Crippen molar-refractivity contribution in [3.05, 3.63) is 72.6 Å². The zero-order valence-corrected chi connectivity index (χ0v) is 12.2. The molecule has 1 N–H and O–H groups in total. The summed E-state index contributed by atoms with van der Waals surface area (Å²) in [6.45, 7) is 0.907. The fraction of sp³-hybridized carbons (Fsp3) is 0.167. The SMILES string of the molecule is Cn1nccc1CCNc1ccc(-c2ccccc2)cc1. The maximum Gasteiger partial charge on any atom is 0.0492 e. The van der Waals surface area contributed by atoms with Crippen molar-refractivity contribution in [3.8, 4) is 11.1 Å². The lowest BCUT2D eigenvalue weighted by Gasteiger charge is -2.08. The zero-order valence-electron chi connectivity index (χ0n) is 12.2. The molecule has 3 heteroatoms. The van der Waals surface area contributed by atoms with Crippen LogP contribution in [-0.4, -0.2) is 16.3 Å². The highest BCUT2D eigenvalue weighted by Crippen LogP contribution is 2.20. The Balaban J connectivity index is 1.59. The number of nitrogens with one attached hydrogen (secondary N) is 1. The van der Waals surface area contributed by atoms with Crippen molar-refractivity contribution < 1.29 is 0 Å². The second-order valence-electron chi connectivity index (χ2n) is 5.07. The first-order valence-corrected chi connectivity index (χ1v) is 7.19. The molecule has 0 saturated carbocycles. The summed E-state index contributed by atoms with van der Waals surface area (Å²) in [5.41, 5.74) is 4.88. The highest BCUT2D eigenvalue weighted by molar-refractivity contribution is 5.65. The number of hydrogen-bond donors (Lipinski definition) is 1. The van der Waals surface area contributed by atoms with E-state index in [0.29, 0.717) is 0 Å². The maximum absolute atomic E-state index is 4.18. The van der Waals surface area contributed by atoms with Crippen LogP contribution in [0.1, 0.15) is 5.69 Å². The number of hydrogen-bond acceptors (Lipinski definition) is 2. The van der Waals surface area contributed by atoms with Gasteiger partial charge in [-0.2, -0.15) is 5.10 Å². The highest BCUT2D eigenvalue weighted by atomic mass is 15.3. The van der Waals surface area contributed by atoms with Crippen LogP contribution >= 0.6 is 0 Å². The van der Waals surface area contributed by atoms with Crippen molar-refractivity contribution in [2.24, 2.45) is 7.05 Å². The van der Waals surface area contributed by atoms with E-state index in [0.717, 1.165) is 18.7 Å². The van der Waals surface area contributed by atoms with Crippen LogP contribution in [0.5, 0.6) is 0 Å². The molecule has 0 saturated heterocycles. The van der Waals surface area contributed by atoms with Crippen molar-refractivity contribution in [1.29, 1.82) is 0 Å². The summed E-state index contributed by atoms with van der Waals surface area (Å²) in [5, 5.41) is 7.62. The molecule has 0 unspecified atom stereocenters. The van der Waals surface area contributed by atoms with E-state index in [9.17, 15) is 0 Å². The number of anilines is 1. The third-order valence-electron chi connectivity index (χ3n) is 3.62. The summed E-state index contributed by atoms with van der Waals surface area (Å²) in [4.78, 5) is 0. The van der Waals surface area contributed by atoms with Crippen LogP contribution < -0.4 is 5.32 Å². The van der Waals surface area contributed by atoms with E-state index in [4.69, 9.17) is 0 Å². The highest BCUT2D eigenvalue weighted by Gasteiger charge is 1.99. The van der Waals surface area contributed by atoms with Crippen LogP contribution in [0, 0.1) is 0 Å². The number of benzene rings is 2. The number of nitrogens with zero attached hydrogens (tertiary/aromatic N) is 2. The molecular weight excluding hydrogens is 258 g/mol. The van der Waals surface area contributed by atoms with Gasteiger partial charge in [0.2, 0.25) is 0 Å². The third-order valence-corrected chi connectivity index (χ3v) is 3.62. The lowest BCUT2D eigenvalue weighted by molar-refractivity contribution is 0.711. The summed E-state index contributed by atoms with van der Waals surface area (Å²) in [6.07, 6.45) is 2.81. The standard InChI is InChI=1S/C18H19N3/c1-21-18(12-14-20-21)11-13-19-17-9-7-16(8-10-17)15-5-3-2-4-6-15/h2-10,12,14,19H,11,13H2,1H3. The van der Waals surface area contributed by atoms with Gasteiger partial charge in [-0.1, -0.05) is 42.5 Å². The van der Waals surface area contributed by atoms with E-state index in [2.05, 4.69) is 65.0 Å². The molecule has 3 aromatic rings. The first kappa shape index (κ1) is 13.4. The Hall–Kier alpha value is -2.55. The van der Waals surface area contributed by atoms with Gasteiger partial charge in [0.25, 0.3) is 0 Å². The van der Waals surface area contributed by atoms with E-state index < -0.39 is 0 Å². The predicted molar refractivity (Wildman–Crippen MR) is 87.3 cm³/mol. The van der Waals surface area contributed by atoms with Crippen molar-refractivity contribution in [1.82, 2.24) is 9.78 Å². The monoisotopic (exact) mass is 277 g/mol. The largest absolute Gasteiger partial charge is 0.385 e. The Bertz CT molecular complexity index is 684. The van der Waals surface area contributed by atoms with Crippen LogP contribution in [0.4, 0.5) is 5.69 Å². The topological polar surface area (TPSA) is 29.9 Å². The third kappa shape index (κ3) is 3.31. The van der Waals surface area contributed by atoms with Crippen LogP contribution in [0.3, 0.4) is 0 Å². The molecular formula is C18H19N3. The van der Waals surface area contributed by atoms with Gasteiger partial charge in [0.05, 0.1) is 0 Å². The Morgan fingerprint density at radius 2 is 1.62 bits per heavy atom. The Morgan fingerprint density at radius 1 is 0.905 bits per heavy atom. The first-order chi connectivity index (χ1) is 10.3. The molecule has 1 heterocycles. The normalized spacial score (nSPS) is 10.5. The maximum atomic E-state index is 4.18. The fourth-order valence-electron chi connectivity index (χ4n) is 2.39. The van der Waals surface area contributed by atoms with Crippen molar-refractivity contribution in [3.63, 3.8) is 0 Å². The molecule has 0 spiro atoms. The molecule has 3 rings (SSSR count). The molecule has 0 atom stereocenters. The minimum Gasteiger partial charge on any atom is -0.385 e. The second-order valence-corrected chi connectivity index (χ2v) is 5.07. The molecule has 0 aliphatic carbocycles. The summed E-state index contributed by atoms with van der Waals surface area (Å²) >= 11 is 0. The lowest BCUT2D eigenvalue weighted by atomic mass is 10.1.